The van der Waals surface area contributed by atoms with Gasteiger partial charge in [0.05, 0.1) is 0 Å². The number of carbonyl (C=O) groups is 1. The van der Waals surface area contributed by atoms with Gasteiger partial charge in [-0.15, -0.1) is 0 Å². The molecule has 1 saturated heterocycles. The second kappa shape index (κ2) is 5.33. The first kappa shape index (κ1) is 12.7. The van der Waals surface area contributed by atoms with Crippen LogP contribution in [0.4, 0.5) is 0 Å². The van der Waals surface area contributed by atoms with E-state index in [0.29, 0.717) is 18.0 Å². The SMILES string of the molecule is CC(CN1CCCC1=O)NC1CCc2ccccc21. The molecule has 1 aliphatic heterocycles. The fourth-order valence-electron chi connectivity index (χ4n) is 3.35. The van der Waals surface area contributed by atoms with Gasteiger partial charge in [0.2, 0.25) is 5.91 Å². The summed E-state index contributed by atoms with van der Waals surface area (Å²) in [6, 6.07) is 9.52. The van der Waals surface area contributed by atoms with Gasteiger partial charge in [0.15, 0.2) is 0 Å². The maximum atomic E-state index is 11.6. The molecule has 0 saturated carbocycles. The summed E-state index contributed by atoms with van der Waals surface area (Å²) in [5, 5.41) is 3.69. The van der Waals surface area contributed by atoms with E-state index in [1.165, 1.54) is 24.0 Å². The minimum absolute atomic E-state index is 0.320. The van der Waals surface area contributed by atoms with Gasteiger partial charge in [-0.1, -0.05) is 24.3 Å². The Morgan fingerprint density at radius 2 is 2.21 bits per heavy atom. The molecule has 2 unspecified atom stereocenters. The second-order valence-electron chi connectivity index (χ2n) is 5.80. The van der Waals surface area contributed by atoms with Gasteiger partial charge >= 0.3 is 0 Å². The van der Waals surface area contributed by atoms with Crippen molar-refractivity contribution in [3.63, 3.8) is 0 Å². The van der Waals surface area contributed by atoms with Crippen LogP contribution in [0.2, 0.25) is 0 Å². The van der Waals surface area contributed by atoms with Gasteiger partial charge in [-0.3, -0.25) is 4.79 Å². The van der Waals surface area contributed by atoms with Crippen molar-refractivity contribution >= 4 is 5.91 Å². The van der Waals surface area contributed by atoms with Crippen LogP contribution < -0.4 is 5.32 Å². The molecular weight excluding hydrogens is 236 g/mol. The van der Waals surface area contributed by atoms with E-state index < -0.39 is 0 Å². The maximum Gasteiger partial charge on any atom is 0.222 e. The van der Waals surface area contributed by atoms with E-state index in [9.17, 15) is 4.79 Å². The molecule has 3 rings (SSSR count). The van der Waals surface area contributed by atoms with Gasteiger partial charge in [0.25, 0.3) is 0 Å². The van der Waals surface area contributed by atoms with Crippen molar-refractivity contribution in [2.45, 2.75) is 44.7 Å². The van der Waals surface area contributed by atoms with Crippen molar-refractivity contribution in [3.05, 3.63) is 35.4 Å². The van der Waals surface area contributed by atoms with Gasteiger partial charge in [0.1, 0.15) is 0 Å². The number of hydrogen-bond donors (Lipinski definition) is 1. The van der Waals surface area contributed by atoms with Crippen LogP contribution in [0.15, 0.2) is 24.3 Å². The average molecular weight is 258 g/mol. The predicted octanol–water partition coefficient (Wildman–Crippen LogP) is 2.27. The van der Waals surface area contributed by atoms with E-state index in [0.717, 1.165) is 25.9 Å². The highest BCUT2D eigenvalue weighted by Crippen LogP contribution is 2.31. The molecule has 2 atom stereocenters. The summed E-state index contributed by atoms with van der Waals surface area (Å²) >= 11 is 0. The Hall–Kier alpha value is -1.35. The number of carbonyl (C=O) groups excluding carboxylic acids is 1. The number of rotatable bonds is 4. The predicted molar refractivity (Wildman–Crippen MR) is 75.9 cm³/mol. The molecule has 0 spiro atoms. The van der Waals surface area contributed by atoms with Gasteiger partial charge < -0.3 is 10.2 Å². The van der Waals surface area contributed by atoms with E-state index in [1.54, 1.807) is 0 Å². The zero-order valence-corrected chi connectivity index (χ0v) is 11.6. The lowest BCUT2D eigenvalue weighted by Gasteiger charge is -2.25. The highest BCUT2D eigenvalue weighted by molar-refractivity contribution is 5.78. The number of hydrogen-bond acceptors (Lipinski definition) is 2. The first-order valence-corrected chi connectivity index (χ1v) is 7.35. The van der Waals surface area contributed by atoms with Crippen LogP contribution in [0.5, 0.6) is 0 Å². The third-order valence-corrected chi connectivity index (χ3v) is 4.28. The molecule has 1 fully saturated rings. The molecule has 1 heterocycles. The van der Waals surface area contributed by atoms with E-state index in [-0.39, 0.29) is 0 Å². The summed E-state index contributed by atoms with van der Waals surface area (Å²) in [7, 11) is 0. The van der Waals surface area contributed by atoms with Crippen LogP contribution >= 0.6 is 0 Å². The van der Waals surface area contributed by atoms with Gasteiger partial charge in [-0.25, -0.2) is 0 Å². The van der Waals surface area contributed by atoms with Crippen LogP contribution in [0, 0.1) is 0 Å². The molecular formula is C16H22N2O. The van der Waals surface area contributed by atoms with Crippen LogP contribution in [-0.4, -0.2) is 29.9 Å². The van der Waals surface area contributed by atoms with Crippen molar-refractivity contribution in [3.8, 4) is 0 Å². The normalized spacial score (nSPS) is 23.7. The Bertz CT molecular complexity index is 472. The number of aryl methyl sites for hydroxylation is 1. The molecule has 102 valence electrons. The standard InChI is InChI=1S/C16H22N2O/c1-12(11-18-10-4-7-16(18)19)17-15-9-8-13-5-2-3-6-14(13)15/h2-3,5-6,12,15,17H,4,7-11H2,1H3. The molecule has 19 heavy (non-hydrogen) atoms. The molecule has 0 aromatic heterocycles. The van der Waals surface area contributed by atoms with Gasteiger partial charge in [-0.05, 0) is 37.3 Å². The molecule has 1 N–H and O–H groups in total. The molecule has 0 radical (unpaired) electrons. The molecule has 3 heteroatoms. The smallest absolute Gasteiger partial charge is 0.222 e. The zero-order valence-electron chi connectivity index (χ0n) is 11.6. The van der Waals surface area contributed by atoms with Crippen molar-refractivity contribution < 1.29 is 4.79 Å². The lowest BCUT2D eigenvalue weighted by atomic mass is 10.1. The molecule has 2 aliphatic rings. The van der Waals surface area contributed by atoms with Crippen LogP contribution in [-0.2, 0) is 11.2 Å². The van der Waals surface area contributed by atoms with Gasteiger partial charge in [0, 0.05) is 31.6 Å². The number of fused-ring (bicyclic) bond motifs is 1. The Kier molecular flexibility index (Phi) is 3.56. The largest absolute Gasteiger partial charge is 0.341 e. The van der Waals surface area contributed by atoms with Crippen LogP contribution in [0.1, 0.15) is 43.4 Å². The Morgan fingerprint density at radius 1 is 1.37 bits per heavy atom. The lowest BCUT2D eigenvalue weighted by Crippen LogP contribution is -2.40. The minimum Gasteiger partial charge on any atom is -0.341 e. The molecule has 3 nitrogen and oxygen atoms in total. The number of amides is 1. The highest BCUT2D eigenvalue weighted by Gasteiger charge is 2.26. The Labute approximate surface area is 115 Å². The summed E-state index contributed by atoms with van der Waals surface area (Å²) in [5.74, 6) is 0.320. The van der Waals surface area contributed by atoms with Crippen molar-refractivity contribution in [2.75, 3.05) is 13.1 Å². The number of benzene rings is 1. The quantitative estimate of drug-likeness (QED) is 0.898. The van der Waals surface area contributed by atoms with Crippen LogP contribution in [0.25, 0.3) is 0 Å². The van der Waals surface area contributed by atoms with E-state index in [2.05, 4.69) is 36.5 Å². The third kappa shape index (κ3) is 2.66. The Morgan fingerprint density at radius 3 is 3.00 bits per heavy atom. The fourth-order valence-corrected chi connectivity index (χ4v) is 3.35. The Balaban J connectivity index is 1.58. The fraction of sp³-hybridized carbons (Fsp3) is 0.562. The molecule has 0 bridgehead atoms. The second-order valence-corrected chi connectivity index (χ2v) is 5.80. The molecule has 1 aliphatic carbocycles. The van der Waals surface area contributed by atoms with Crippen molar-refractivity contribution in [1.82, 2.24) is 10.2 Å². The lowest BCUT2D eigenvalue weighted by molar-refractivity contribution is -0.127. The summed E-state index contributed by atoms with van der Waals surface area (Å²) in [5.41, 5.74) is 2.92. The first-order valence-electron chi connectivity index (χ1n) is 7.35. The highest BCUT2D eigenvalue weighted by atomic mass is 16.2. The topological polar surface area (TPSA) is 32.3 Å². The summed E-state index contributed by atoms with van der Waals surface area (Å²) in [4.78, 5) is 13.6. The van der Waals surface area contributed by atoms with Crippen molar-refractivity contribution in [2.24, 2.45) is 0 Å². The summed E-state index contributed by atoms with van der Waals surface area (Å²) in [6.07, 6.45) is 4.11. The molecule has 1 aromatic rings. The maximum absolute atomic E-state index is 11.6. The number of likely N-dealkylation sites (tertiary alicyclic amines) is 1. The molecule has 1 aromatic carbocycles. The molecule has 1 amide bonds. The summed E-state index contributed by atoms with van der Waals surface area (Å²) < 4.78 is 0. The summed E-state index contributed by atoms with van der Waals surface area (Å²) in [6.45, 7) is 3.97. The van der Waals surface area contributed by atoms with Crippen LogP contribution in [0.3, 0.4) is 0 Å². The third-order valence-electron chi connectivity index (χ3n) is 4.28. The number of nitrogens with zero attached hydrogens (tertiary/aromatic N) is 1. The monoisotopic (exact) mass is 258 g/mol. The zero-order chi connectivity index (χ0) is 13.2. The number of nitrogens with one attached hydrogen (secondary N) is 1. The van der Waals surface area contributed by atoms with E-state index >= 15 is 0 Å². The first-order chi connectivity index (χ1) is 9.24. The van der Waals surface area contributed by atoms with Gasteiger partial charge in [-0.2, -0.15) is 0 Å². The van der Waals surface area contributed by atoms with E-state index in [4.69, 9.17) is 0 Å². The minimum atomic E-state index is 0.320. The van der Waals surface area contributed by atoms with Crippen molar-refractivity contribution in [1.29, 1.82) is 0 Å². The van der Waals surface area contributed by atoms with E-state index in [1.807, 2.05) is 4.90 Å². The average Bonchev–Trinajstić information content (AvgIpc) is 2.98.